The van der Waals surface area contributed by atoms with Crippen molar-refractivity contribution in [3.8, 4) is 0 Å². The molecule has 0 N–H and O–H groups in total. The standard InChI is InChI=1S/C10H13IN2O/c11-9-1-2-10(12-7-9)8-13-3-5-14-6-4-13/h1-2,7H,3-6,8H2. The first-order valence-electron chi connectivity index (χ1n) is 4.75. The second-order valence-corrected chi connectivity index (χ2v) is 4.60. The van der Waals surface area contributed by atoms with Crippen LogP contribution in [0.3, 0.4) is 0 Å². The average molecular weight is 304 g/mol. The van der Waals surface area contributed by atoms with Crippen molar-refractivity contribution in [2.45, 2.75) is 6.54 Å². The lowest BCUT2D eigenvalue weighted by Gasteiger charge is -2.26. The van der Waals surface area contributed by atoms with Crippen LogP contribution in [0, 0.1) is 3.57 Å². The number of halogens is 1. The third-order valence-corrected chi connectivity index (χ3v) is 2.92. The Kier molecular flexibility index (Phi) is 3.72. The summed E-state index contributed by atoms with van der Waals surface area (Å²) in [6.45, 7) is 4.69. The minimum Gasteiger partial charge on any atom is -0.379 e. The zero-order valence-electron chi connectivity index (χ0n) is 7.95. The van der Waals surface area contributed by atoms with E-state index in [1.807, 2.05) is 6.20 Å². The summed E-state index contributed by atoms with van der Waals surface area (Å²) in [6, 6.07) is 4.20. The van der Waals surface area contributed by atoms with Gasteiger partial charge in [0.25, 0.3) is 0 Å². The maximum atomic E-state index is 5.29. The van der Waals surface area contributed by atoms with E-state index in [9.17, 15) is 0 Å². The molecule has 3 nitrogen and oxygen atoms in total. The highest BCUT2D eigenvalue weighted by Gasteiger charge is 2.10. The van der Waals surface area contributed by atoms with Crippen LogP contribution < -0.4 is 0 Å². The highest BCUT2D eigenvalue weighted by molar-refractivity contribution is 14.1. The van der Waals surface area contributed by atoms with E-state index < -0.39 is 0 Å². The number of hydrogen-bond acceptors (Lipinski definition) is 3. The molecule has 0 aromatic carbocycles. The number of ether oxygens (including phenoxy) is 1. The monoisotopic (exact) mass is 304 g/mol. The first-order chi connectivity index (χ1) is 6.84. The van der Waals surface area contributed by atoms with Gasteiger partial charge in [-0.05, 0) is 34.7 Å². The number of nitrogens with zero attached hydrogens (tertiary/aromatic N) is 2. The number of pyridine rings is 1. The van der Waals surface area contributed by atoms with Gasteiger partial charge in [-0.25, -0.2) is 0 Å². The second kappa shape index (κ2) is 5.04. The van der Waals surface area contributed by atoms with Crippen LogP contribution in [0.25, 0.3) is 0 Å². The van der Waals surface area contributed by atoms with Gasteiger partial charge in [0.05, 0.1) is 18.9 Å². The van der Waals surface area contributed by atoms with Crippen LogP contribution in [0.15, 0.2) is 18.3 Å². The van der Waals surface area contributed by atoms with E-state index in [2.05, 4.69) is 44.6 Å². The van der Waals surface area contributed by atoms with E-state index in [4.69, 9.17) is 4.74 Å². The van der Waals surface area contributed by atoms with E-state index >= 15 is 0 Å². The maximum absolute atomic E-state index is 5.29. The Labute approximate surface area is 97.6 Å². The fourth-order valence-corrected chi connectivity index (χ4v) is 1.81. The van der Waals surface area contributed by atoms with Gasteiger partial charge in [0.2, 0.25) is 0 Å². The van der Waals surface area contributed by atoms with Crippen LogP contribution >= 0.6 is 22.6 Å². The molecule has 76 valence electrons. The lowest BCUT2D eigenvalue weighted by atomic mass is 10.3. The van der Waals surface area contributed by atoms with Crippen molar-refractivity contribution in [2.75, 3.05) is 26.3 Å². The summed E-state index contributed by atoms with van der Waals surface area (Å²) in [4.78, 5) is 6.76. The molecule has 0 saturated carbocycles. The van der Waals surface area contributed by atoms with Crippen LogP contribution in [0.4, 0.5) is 0 Å². The summed E-state index contributed by atoms with van der Waals surface area (Å²) in [6.07, 6.45) is 1.91. The van der Waals surface area contributed by atoms with Crippen molar-refractivity contribution in [1.29, 1.82) is 0 Å². The van der Waals surface area contributed by atoms with Gasteiger partial charge in [-0.15, -0.1) is 0 Å². The van der Waals surface area contributed by atoms with E-state index in [0.29, 0.717) is 0 Å². The molecule has 0 aliphatic carbocycles. The third kappa shape index (κ3) is 2.90. The van der Waals surface area contributed by atoms with E-state index in [1.165, 1.54) is 3.57 Å². The van der Waals surface area contributed by atoms with E-state index in [1.54, 1.807) is 0 Å². The molecule has 2 heterocycles. The van der Waals surface area contributed by atoms with Gasteiger partial charge in [-0.3, -0.25) is 9.88 Å². The second-order valence-electron chi connectivity index (χ2n) is 3.36. The van der Waals surface area contributed by atoms with Crippen molar-refractivity contribution in [1.82, 2.24) is 9.88 Å². The molecule has 4 heteroatoms. The molecule has 0 unspecified atom stereocenters. The molecule has 1 aliphatic rings. The predicted molar refractivity (Wildman–Crippen MR) is 63.1 cm³/mol. The Bertz CT molecular complexity index is 283. The molecule has 0 amide bonds. The van der Waals surface area contributed by atoms with Gasteiger partial charge in [0.1, 0.15) is 0 Å². The lowest BCUT2D eigenvalue weighted by Crippen LogP contribution is -2.35. The summed E-state index contributed by atoms with van der Waals surface area (Å²) in [7, 11) is 0. The molecular formula is C10H13IN2O. The minimum atomic E-state index is 0.852. The molecular weight excluding hydrogens is 291 g/mol. The highest BCUT2D eigenvalue weighted by Crippen LogP contribution is 2.07. The van der Waals surface area contributed by atoms with Crippen LogP contribution in [0.2, 0.25) is 0 Å². The summed E-state index contributed by atoms with van der Waals surface area (Å²) in [5, 5.41) is 0. The molecule has 0 atom stereocenters. The average Bonchev–Trinajstić information content (AvgIpc) is 2.23. The Morgan fingerprint density at radius 3 is 2.79 bits per heavy atom. The molecule has 1 fully saturated rings. The molecule has 1 aliphatic heterocycles. The van der Waals surface area contributed by atoms with Crippen LogP contribution in [-0.4, -0.2) is 36.2 Å². The molecule has 0 spiro atoms. The van der Waals surface area contributed by atoms with E-state index in [-0.39, 0.29) is 0 Å². The molecule has 1 aromatic rings. The zero-order valence-corrected chi connectivity index (χ0v) is 10.1. The van der Waals surface area contributed by atoms with Gasteiger partial charge in [-0.1, -0.05) is 0 Å². The molecule has 1 saturated heterocycles. The smallest absolute Gasteiger partial charge is 0.0594 e. The van der Waals surface area contributed by atoms with Crippen molar-refractivity contribution >= 4 is 22.6 Å². The van der Waals surface area contributed by atoms with Crippen LogP contribution in [0.1, 0.15) is 5.69 Å². The summed E-state index contributed by atoms with van der Waals surface area (Å²) in [5.74, 6) is 0. The van der Waals surface area contributed by atoms with Crippen molar-refractivity contribution in [2.24, 2.45) is 0 Å². The molecule has 1 aromatic heterocycles. The molecule has 0 radical (unpaired) electrons. The number of morpholine rings is 1. The lowest BCUT2D eigenvalue weighted by molar-refractivity contribution is 0.0336. The van der Waals surface area contributed by atoms with Crippen LogP contribution in [-0.2, 0) is 11.3 Å². The predicted octanol–water partition coefficient (Wildman–Crippen LogP) is 1.52. The van der Waals surface area contributed by atoms with Crippen LogP contribution in [0.5, 0.6) is 0 Å². The van der Waals surface area contributed by atoms with Gasteiger partial charge in [0.15, 0.2) is 0 Å². The highest BCUT2D eigenvalue weighted by atomic mass is 127. The zero-order chi connectivity index (χ0) is 9.80. The summed E-state index contributed by atoms with van der Waals surface area (Å²) in [5.41, 5.74) is 1.15. The first-order valence-corrected chi connectivity index (χ1v) is 5.83. The first kappa shape index (κ1) is 10.3. The normalized spacial score (nSPS) is 18.4. The van der Waals surface area contributed by atoms with Gasteiger partial charge in [0, 0.05) is 29.4 Å². The fourth-order valence-electron chi connectivity index (χ4n) is 1.49. The summed E-state index contributed by atoms with van der Waals surface area (Å²) < 4.78 is 6.48. The van der Waals surface area contributed by atoms with Crippen molar-refractivity contribution in [3.63, 3.8) is 0 Å². The largest absolute Gasteiger partial charge is 0.379 e. The van der Waals surface area contributed by atoms with Gasteiger partial charge < -0.3 is 4.74 Å². The quantitative estimate of drug-likeness (QED) is 0.775. The SMILES string of the molecule is Ic1ccc(CN2CCOCC2)nc1. The van der Waals surface area contributed by atoms with Gasteiger partial charge in [-0.2, -0.15) is 0 Å². The number of aromatic nitrogens is 1. The van der Waals surface area contributed by atoms with Gasteiger partial charge >= 0.3 is 0 Å². The Morgan fingerprint density at radius 2 is 2.14 bits per heavy atom. The number of rotatable bonds is 2. The molecule has 14 heavy (non-hydrogen) atoms. The van der Waals surface area contributed by atoms with Crippen molar-refractivity contribution in [3.05, 3.63) is 27.6 Å². The Morgan fingerprint density at radius 1 is 1.36 bits per heavy atom. The Balaban J connectivity index is 1.92. The fraction of sp³-hybridized carbons (Fsp3) is 0.500. The Hall–Kier alpha value is -0.200. The minimum absolute atomic E-state index is 0.852. The molecule has 2 rings (SSSR count). The van der Waals surface area contributed by atoms with Crippen molar-refractivity contribution < 1.29 is 4.74 Å². The third-order valence-electron chi connectivity index (χ3n) is 2.28. The number of hydrogen-bond donors (Lipinski definition) is 0. The topological polar surface area (TPSA) is 25.4 Å². The maximum Gasteiger partial charge on any atom is 0.0594 e. The van der Waals surface area contributed by atoms with E-state index in [0.717, 1.165) is 38.5 Å². The molecule has 0 bridgehead atoms. The summed E-state index contributed by atoms with van der Waals surface area (Å²) >= 11 is 2.27.